The summed E-state index contributed by atoms with van der Waals surface area (Å²) in [5.74, 6) is 0.475. The molecule has 31 heavy (non-hydrogen) atoms. The molecule has 1 saturated heterocycles. The summed E-state index contributed by atoms with van der Waals surface area (Å²) in [5.41, 5.74) is 2.08. The van der Waals surface area contributed by atoms with E-state index in [4.69, 9.17) is 0 Å². The molecule has 1 aliphatic carbocycles. The van der Waals surface area contributed by atoms with E-state index in [9.17, 15) is 8.42 Å². The molecule has 0 N–H and O–H groups in total. The molecule has 0 unspecified atom stereocenters. The summed E-state index contributed by atoms with van der Waals surface area (Å²) in [7, 11) is -3.46. The fourth-order valence-corrected chi connectivity index (χ4v) is 7.62. The fourth-order valence-electron chi connectivity index (χ4n) is 5.84. The maximum atomic E-state index is 13.5. The van der Waals surface area contributed by atoms with E-state index in [1.165, 1.54) is 31.4 Å². The lowest BCUT2D eigenvalue weighted by Gasteiger charge is -2.28. The summed E-state index contributed by atoms with van der Waals surface area (Å²) in [4.78, 5) is 5.52. The summed E-state index contributed by atoms with van der Waals surface area (Å²) in [5, 5.41) is 2.03. The molecule has 168 valence electrons. The van der Waals surface area contributed by atoms with Crippen molar-refractivity contribution in [1.29, 1.82) is 0 Å². The lowest BCUT2D eigenvalue weighted by atomic mass is 9.89. The van der Waals surface area contributed by atoms with Crippen molar-refractivity contribution in [3.63, 3.8) is 0 Å². The zero-order chi connectivity index (χ0) is 21.4. The number of benzene rings is 2. The fraction of sp³-hybridized carbons (Fsp3) is 0.600. The number of anilines is 2. The van der Waals surface area contributed by atoms with Gasteiger partial charge in [0.2, 0.25) is 0 Å². The van der Waals surface area contributed by atoms with E-state index in [2.05, 4.69) is 34.9 Å². The Bertz CT molecular complexity index is 1050. The molecule has 2 aromatic rings. The summed E-state index contributed by atoms with van der Waals surface area (Å²) >= 11 is 0. The first-order valence-corrected chi connectivity index (χ1v) is 13.6. The molecule has 2 aromatic carbocycles. The van der Waals surface area contributed by atoms with Gasteiger partial charge in [0.1, 0.15) is 0 Å². The zero-order valence-corrected chi connectivity index (χ0v) is 19.5. The van der Waals surface area contributed by atoms with Crippen LogP contribution >= 0.6 is 0 Å². The number of rotatable bonds is 5. The van der Waals surface area contributed by atoms with Gasteiger partial charge in [0.25, 0.3) is 10.0 Å². The SMILES string of the molecule is CCCN1CCCN(c2ccc3c4c(cccc24)S(=O)(=O)N3CC2CCCCC2)CC1. The number of sulfonamides is 1. The van der Waals surface area contributed by atoms with Crippen LogP contribution in [0.4, 0.5) is 11.4 Å². The summed E-state index contributed by atoms with van der Waals surface area (Å²) in [6, 6.07) is 10.1. The van der Waals surface area contributed by atoms with Gasteiger partial charge in [-0.25, -0.2) is 8.42 Å². The first kappa shape index (κ1) is 21.1. The standard InChI is InChI=1S/C25H35N3O2S/c1-2-14-26-15-7-16-27(18-17-26)22-12-13-23-25-21(22)10-6-11-24(25)31(29,30)28(23)19-20-8-4-3-5-9-20/h6,10-13,20H,2-5,7-9,14-19H2,1H3. The molecule has 0 atom stereocenters. The third kappa shape index (κ3) is 3.82. The van der Waals surface area contributed by atoms with Crippen molar-refractivity contribution in [3.8, 4) is 0 Å². The molecule has 0 bridgehead atoms. The molecule has 0 amide bonds. The molecule has 1 saturated carbocycles. The number of hydrogen-bond donors (Lipinski definition) is 0. The molecular formula is C25H35N3O2S. The third-order valence-corrected chi connectivity index (χ3v) is 9.23. The van der Waals surface area contributed by atoms with Gasteiger partial charge in [-0.3, -0.25) is 4.31 Å². The Hall–Kier alpha value is -1.79. The molecule has 5 rings (SSSR count). The van der Waals surface area contributed by atoms with Crippen LogP contribution in [0.1, 0.15) is 51.9 Å². The minimum atomic E-state index is -3.46. The van der Waals surface area contributed by atoms with Crippen molar-refractivity contribution >= 4 is 32.2 Å². The van der Waals surface area contributed by atoms with Gasteiger partial charge in [-0.1, -0.05) is 38.3 Å². The molecule has 3 aliphatic rings. The van der Waals surface area contributed by atoms with Gasteiger partial charge < -0.3 is 9.80 Å². The molecule has 5 nitrogen and oxygen atoms in total. The Morgan fingerprint density at radius 1 is 0.903 bits per heavy atom. The Labute approximate surface area is 187 Å². The second kappa shape index (κ2) is 8.62. The Balaban J connectivity index is 1.50. The van der Waals surface area contributed by atoms with Crippen molar-refractivity contribution in [2.45, 2.75) is 56.8 Å². The highest BCUT2D eigenvalue weighted by Gasteiger charge is 2.37. The van der Waals surface area contributed by atoms with Crippen molar-refractivity contribution in [1.82, 2.24) is 4.90 Å². The molecule has 0 aromatic heterocycles. The average Bonchev–Trinajstić information content (AvgIpc) is 2.93. The van der Waals surface area contributed by atoms with Gasteiger partial charge in [-0.2, -0.15) is 0 Å². The van der Waals surface area contributed by atoms with Gasteiger partial charge in [0.05, 0.1) is 10.6 Å². The predicted octanol–water partition coefficient (Wildman–Crippen LogP) is 4.85. The van der Waals surface area contributed by atoms with Crippen LogP contribution in [0.2, 0.25) is 0 Å². The maximum Gasteiger partial charge on any atom is 0.265 e. The highest BCUT2D eigenvalue weighted by Crippen LogP contribution is 2.46. The second-order valence-electron chi connectivity index (χ2n) is 9.50. The van der Waals surface area contributed by atoms with E-state index in [1.807, 2.05) is 6.07 Å². The summed E-state index contributed by atoms with van der Waals surface area (Å²) in [6.07, 6.45) is 8.36. The van der Waals surface area contributed by atoms with Gasteiger partial charge in [-0.05, 0) is 62.9 Å². The Morgan fingerprint density at radius 3 is 2.52 bits per heavy atom. The van der Waals surface area contributed by atoms with Gasteiger partial charge >= 0.3 is 0 Å². The highest BCUT2D eigenvalue weighted by atomic mass is 32.2. The lowest BCUT2D eigenvalue weighted by Crippen LogP contribution is -2.33. The zero-order valence-electron chi connectivity index (χ0n) is 18.7. The smallest absolute Gasteiger partial charge is 0.265 e. The predicted molar refractivity (Wildman–Crippen MR) is 129 cm³/mol. The highest BCUT2D eigenvalue weighted by molar-refractivity contribution is 7.93. The van der Waals surface area contributed by atoms with Gasteiger partial charge in [0.15, 0.2) is 0 Å². The van der Waals surface area contributed by atoms with Crippen LogP contribution in [0.15, 0.2) is 35.2 Å². The van der Waals surface area contributed by atoms with Gasteiger partial charge in [0, 0.05) is 42.6 Å². The third-order valence-electron chi connectivity index (χ3n) is 7.41. The summed E-state index contributed by atoms with van der Waals surface area (Å²) in [6.45, 7) is 8.27. The van der Waals surface area contributed by atoms with Crippen LogP contribution in [-0.2, 0) is 10.0 Å². The van der Waals surface area contributed by atoms with E-state index >= 15 is 0 Å². The van der Waals surface area contributed by atoms with Crippen molar-refractivity contribution in [2.24, 2.45) is 5.92 Å². The average molecular weight is 442 g/mol. The van der Waals surface area contributed by atoms with E-state index in [0.29, 0.717) is 17.4 Å². The van der Waals surface area contributed by atoms with E-state index in [-0.39, 0.29) is 0 Å². The monoisotopic (exact) mass is 441 g/mol. The summed E-state index contributed by atoms with van der Waals surface area (Å²) < 4.78 is 28.7. The van der Waals surface area contributed by atoms with Crippen molar-refractivity contribution < 1.29 is 8.42 Å². The minimum Gasteiger partial charge on any atom is -0.370 e. The van der Waals surface area contributed by atoms with Crippen LogP contribution in [-0.4, -0.2) is 52.6 Å². The molecule has 0 radical (unpaired) electrons. The molecule has 0 spiro atoms. The van der Waals surface area contributed by atoms with Crippen LogP contribution in [0.25, 0.3) is 10.8 Å². The van der Waals surface area contributed by atoms with Crippen LogP contribution in [0.5, 0.6) is 0 Å². The van der Waals surface area contributed by atoms with Crippen LogP contribution in [0, 0.1) is 5.92 Å². The maximum absolute atomic E-state index is 13.5. The molecule has 2 fully saturated rings. The van der Waals surface area contributed by atoms with Crippen LogP contribution < -0.4 is 9.21 Å². The second-order valence-corrected chi connectivity index (χ2v) is 11.3. The minimum absolute atomic E-state index is 0.475. The first-order valence-electron chi connectivity index (χ1n) is 12.2. The lowest BCUT2D eigenvalue weighted by molar-refractivity contribution is 0.294. The quantitative estimate of drug-likeness (QED) is 0.665. The van der Waals surface area contributed by atoms with Crippen LogP contribution in [0.3, 0.4) is 0 Å². The Morgan fingerprint density at radius 2 is 1.71 bits per heavy atom. The van der Waals surface area contributed by atoms with E-state index < -0.39 is 10.0 Å². The molecule has 2 aliphatic heterocycles. The molecular weight excluding hydrogens is 406 g/mol. The first-order chi connectivity index (χ1) is 15.1. The van der Waals surface area contributed by atoms with Crippen molar-refractivity contribution in [3.05, 3.63) is 30.3 Å². The van der Waals surface area contributed by atoms with Gasteiger partial charge in [-0.15, -0.1) is 0 Å². The number of nitrogens with zero attached hydrogens (tertiary/aromatic N) is 3. The normalized spacial score (nSPS) is 22.2. The van der Waals surface area contributed by atoms with E-state index in [1.54, 1.807) is 10.4 Å². The van der Waals surface area contributed by atoms with E-state index in [0.717, 1.165) is 68.4 Å². The van der Waals surface area contributed by atoms with Crippen molar-refractivity contribution in [2.75, 3.05) is 48.5 Å². The Kier molecular flexibility index (Phi) is 5.86. The molecule has 2 heterocycles. The molecule has 6 heteroatoms. The topological polar surface area (TPSA) is 43.9 Å². The largest absolute Gasteiger partial charge is 0.370 e. The number of hydrogen-bond acceptors (Lipinski definition) is 4.